The zero-order chi connectivity index (χ0) is 16.6. The Morgan fingerprint density at radius 3 is 2.30 bits per heavy atom. The maximum absolute atomic E-state index is 12.3. The molecule has 2 amide bonds. The fraction of sp³-hybridized carbons (Fsp3) is 0.412. The number of nitrogens with zero attached hydrogens (tertiary/aromatic N) is 1. The molecular weight excluding hydrogens is 298 g/mol. The molecule has 1 aliphatic carbocycles. The van der Waals surface area contributed by atoms with Gasteiger partial charge in [0.15, 0.2) is 11.9 Å². The van der Waals surface area contributed by atoms with Crippen LogP contribution in [0.15, 0.2) is 24.3 Å². The first-order valence-electron chi connectivity index (χ1n) is 7.71. The van der Waals surface area contributed by atoms with Crippen molar-refractivity contribution in [3.05, 3.63) is 35.4 Å². The van der Waals surface area contributed by atoms with Gasteiger partial charge in [0, 0.05) is 6.42 Å². The summed E-state index contributed by atoms with van der Waals surface area (Å²) in [6, 6.07) is 5.38. The predicted octanol–water partition coefficient (Wildman–Crippen LogP) is 1.73. The number of Topliss-reactive ketones (excluding diaryl/α,β-unsaturated/α-hetero) is 1. The molecule has 0 saturated heterocycles. The van der Waals surface area contributed by atoms with Gasteiger partial charge in [-0.3, -0.25) is 19.3 Å². The lowest BCUT2D eigenvalue weighted by Gasteiger charge is -2.25. The van der Waals surface area contributed by atoms with Crippen molar-refractivity contribution in [1.82, 2.24) is 4.90 Å². The smallest absolute Gasteiger partial charge is 0.329 e. The van der Waals surface area contributed by atoms with E-state index in [4.69, 9.17) is 4.74 Å². The maximum Gasteiger partial charge on any atom is 0.329 e. The summed E-state index contributed by atoms with van der Waals surface area (Å²) in [4.78, 5) is 49.6. The standard InChI is InChI=1S/C17H17NO5/c1-10(17(22)23-14-9-5-4-8-13(14)19)18-15(20)11-6-2-3-7-12(11)16(18)21/h2-3,6-7,10,14H,4-5,8-9H2,1H3/t10-,14-/m1/s1. The van der Waals surface area contributed by atoms with Crippen molar-refractivity contribution in [2.75, 3.05) is 0 Å². The molecule has 120 valence electrons. The van der Waals surface area contributed by atoms with Gasteiger partial charge in [0.05, 0.1) is 11.1 Å². The molecule has 1 fully saturated rings. The molecule has 0 spiro atoms. The summed E-state index contributed by atoms with van der Waals surface area (Å²) in [5, 5.41) is 0. The Morgan fingerprint density at radius 2 is 1.74 bits per heavy atom. The van der Waals surface area contributed by atoms with Gasteiger partial charge in [-0.25, -0.2) is 4.79 Å². The van der Waals surface area contributed by atoms with Gasteiger partial charge in [-0.05, 0) is 38.3 Å². The number of benzene rings is 1. The largest absolute Gasteiger partial charge is 0.453 e. The average Bonchev–Trinajstić information content (AvgIpc) is 2.81. The third kappa shape index (κ3) is 2.65. The molecule has 1 aromatic carbocycles. The van der Waals surface area contributed by atoms with Gasteiger partial charge in [0.25, 0.3) is 11.8 Å². The fourth-order valence-electron chi connectivity index (χ4n) is 2.98. The number of hydrogen-bond donors (Lipinski definition) is 0. The van der Waals surface area contributed by atoms with E-state index in [9.17, 15) is 19.2 Å². The predicted molar refractivity (Wildman–Crippen MR) is 79.8 cm³/mol. The molecule has 1 aliphatic heterocycles. The van der Waals surface area contributed by atoms with E-state index in [1.165, 1.54) is 6.92 Å². The van der Waals surface area contributed by atoms with E-state index in [-0.39, 0.29) is 16.9 Å². The molecule has 0 bridgehead atoms. The first-order chi connectivity index (χ1) is 11.0. The number of carbonyl (C=O) groups is 4. The molecule has 6 heteroatoms. The summed E-state index contributed by atoms with van der Waals surface area (Å²) in [7, 11) is 0. The number of fused-ring (bicyclic) bond motifs is 1. The van der Waals surface area contributed by atoms with Crippen molar-refractivity contribution in [1.29, 1.82) is 0 Å². The summed E-state index contributed by atoms with van der Waals surface area (Å²) in [5.41, 5.74) is 0.566. The van der Waals surface area contributed by atoms with E-state index in [1.54, 1.807) is 24.3 Å². The summed E-state index contributed by atoms with van der Waals surface area (Å²) in [5.74, 6) is -1.84. The minimum atomic E-state index is -1.06. The molecule has 1 aromatic rings. The fourth-order valence-corrected chi connectivity index (χ4v) is 2.98. The molecule has 2 aliphatic rings. The molecule has 1 heterocycles. The summed E-state index contributed by atoms with van der Waals surface area (Å²) < 4.78 is 5.24. The molecule has 1 saturated carbocycles. The second-order valence-electron chi connectivity index (χ2n) is 5.84. The molecule has 0 N–H and O–H groups in total. The van der Waals surface area contributed by atoms with E-state index < -0.39 is 29.9 Å². The molecule has 6 nitrogen and oxygen atoms in total. The van der Waals surface area contributed by atoms with Crippen LogP contribution >= 0.6 is 0 Å². The molecule has 2 atom stereocenters. The zero-order valence-electron chi connectivity index (χ0n) is 12.8. The number of esters is 1. The Balaban J connectivity index is 1.74. The summed E-state index contributed by atoms with van der Waals surface area (Å²) in [6.45, 7) is 1.44. The lowest BCUT2D eigenvalue weighted by molar-refractivity contribution is -0.159. The van der Waals surface area contributed by atoms with E-state index in [0.29, 0.717) is 12.8 Å². The third-order valence-corrected chi connectivity index (χ3v) is 4.31. The van der Waals surface area contributed by atoms with Gasteiger partial charge in [0.2, 0.25) is 0 Å². The van der Waals surface area contributed by atoms with Crippen molar-refractivity contribution in [3.8, 4) is 0 Å². The quantitative estimate of drug-likeness (QED) is 0.627. The second-order valence-corrected chi connectivity index (χ2v) is 5.84. The number of ketones is 1. The SMILES string of the molecule is C[C@H](C(=O)O[C@@H]1CCCCC1=O)N1C(=O)c2ccccc2C1=O. The summed E-state index contributed by atoms with van der Waals surface area (Å²) >= 11 is 0. The first-order valence-corrected chi connectivity index (χ1v) is 7.71. The van der Waals surface area contributed by atoms with Crippen LogP contribution in [0, 0.1) is 0 Å². The number of hydrogen-bond acceptors (Lipinski definition) is 5. The number of ether oxygens (including phenoxy) is 1. The van der Waals surface area contributed by atoms with Crippen LogP contribution in [-0.4, -0.2) is 40.6 Å². The zero-order valence-corrected chi connectivity index (χ0v) is 12.8. The van der Waals surface area contributed by atoms with Crippen LogP contribution in [0.4, 0.5) is 0 Å². The van der Waals surface area contributed by atoms with Gasteiger partial charge >= 0.3 is 5.97 Å². The number of rotatable bonds is 3. The van der Waals surface area contributed by atoms with Crippen LogP contribution < -0.4 is 0 Å². The third-order valence-electron chi connectivity index (χ3n) is 4.31. The molecule has 0 aromatic heterocycles. The van der Waals surface area contributed by atoms with Crippen molar-refractivity contribution in [2.24, 2.45) is 0 Å². The van der Waals surface area contributed by atoms with E-state index in [0.717, 1.165) is 17.7 Å². The Bertz CT molecular complexity index is 661. The van der Waals surface area contributed by atoms with E-state index in [1.807, 2.05) is 0 Å². The van der Waals surface area contributed by atoms with Crippen molar-refractivity contribution in [2.45, 2.75) is 44.8 Å². The van der Waals surface area contributed by atoms with Crippen molar-refractivity contribution >= 4 is 23.6 Å². The van der Waals surface area contributed by atoms with Gasteiger partial charge in [-0.2, -0.15) is 0 Å². The monoisotopic (exact) mass is 315 g/mol. The number of amides is 2. The average molecular weight is 315 g/mol. The molecule has 3 rings (SSSR count). The second kappa shape index (κ2) is 5.95. The van der Waals surface area contributed by atoms with Gasteiger partial charge in [-0.15, -0.1) is 0 Å². The van der Waals surface area contributed by atoms with Gasteiger partial charge < -0.3 is 4.74 Å². The topological polar surface area (TPSA) is 80.8 Å². The Kier molecular flexibility index (Phi) is 3.98. The minimum absolute atomic E-state index is 0.0980. The van der Waals surface area contributed by atoms with E-state index >= 15 is 0 Å². The highest BCUT2D eigenvalue weighted by Gasteiger charge is 2.42. The van der Waals surface area contributed by atoms with E-state index in [2.05, 4.69) is 0 Å². The van der Waals surface area contributed by atoms with Crippen LogP contribution in [0.25, 0.3) is 0 Å². The highest BCUT2D eigenvalue weighted by molar-refractivity contribution is 6.22. The molecular formula is C17H17NO5. The Morgan fingerprint density at radius 1 is 1.13 bits per heavy atom. The number of imide groups is 1. The van der Waals surface area contributed by atoms with Crippen LogP contribution in [0.1, 0.15) is 53.3 Å². The molecule has 0 unspecified atom stereocenters. The lowest BCUT2D eigenvalue weighted by Crippen LogP contribution is -2.45. The highest BCUT2D eigenvalue weighted by Crippen LogP contribution is 2.25. The van der Waals surface area contributed by atoms with Crippen LogP contribution in [0.2, 0.25) is 0 Å². The highest BCUT2D eigenvalue weighted by atomic mass is 16.5. The number of carbonyl (C=O) groups excluding carboxylic acids is 4. The molecule has 23 heavy (non-hydrogen) atoms. The first kappa shape index (κ1) is 15.4. The van der Waals surface area contributed by atoms with Crippen LogP contribution in [-0.2, 0) is 14.3 Å². The Labute approximate surface area is 133 Å². The van der Waals surface area contributed by atoms with Gasteiger partial charge in [0.1, 0.15) is 6.04 Å². The lowest BCUT2D eigenvalue weighted by atomic mass is 9.96. The van der Waals surface area contributed by atoms with Gasteiger partial charge in [-0.1, -0.05) is 12.1 Å². The van der Waals surface area contributed by atoms with Crippen LogP contribution in [0.5, 0.6) is 0 Å². The van der Waals surface area contributed by atoms with Crippen molar-refractivity contribution in [3.63, 3.8) is 0 Å². The normalized spacial score (nSPS) is 22.0. The maximum atomic E-state index is 12.3. The molecule has 0 radical (unpaired) electrons. The summed E-state index contributed by atoms with van der Waals surface area (Å²) in [6.07, 6.45) is 1.78. The van der Waals surface area contributed by atoms with Crippen molar-refractivity contribution < 1.29 is 23.9 Å². The minimum Gasteiger partial charge on any atom is -0.453 e. The Hall–Kier alpha value is -2.50. The van der Waals surface area contributed by atoms with Crippen LogP contribution in [0.3, 0.4) is 0 Å².